The SMILES string of the molecule is C(=Cc1c[nH]c2ccccc12)c1cc(C=Cc2ccccc2OCc2ccccn2)[nH]n1. The lowest BCUT2D eigenvalue weighted by atomic mass is 10.1. The van der Waals surface area contributed by atoms with Crippen molar-refractivity contribution >= 4 is 35.2 Å². The van der Waals surface area contributed by atoms with Crippen LogP contribution in [-0.2, 0) is 6.61 Å². The molecule has 5 rings (SSSR count). The fourth-order valence-corrected chi connectivity index (χ4v) is 3.50. The van der Waals surface area contributed by atoms with Crippen LogP contribution >= 0.6 is 0 Å². The van der Waals surface area contributed by atoms with Crippen molar-refractivity contribution in [2.24, 2.45) is 0 Å². The number of fused-ring (bicyclic) bond motifs is 1. The second kappa shape index (κ2) is 9.18. The van der Waals surface area contributed by atoms with Gasteiger partial charge < -0.3 is 9.72 Å². The summed E-state index contributed by atoms with van der Waals surface area (Å²) in [5.74, 6) is 0.813. The zero-order chi connectivity index (χ0) is 21.6. The van der Waals surface area contributed by atoms with Crippen molar-refractivity contribution in [1.29, 1.82) is 0 Å². The van der Waals surface area contributed by atoms with Gasteiger partial charge in [0, 0.05) is 28.9 Å². The minimum Gasteiger partial charge on any atom is -0.487 e. The first-order valence-corrected chi connectivity index (χ1v) is 10.4. The number of hydrogen-bond acceptors (Lipinski definition) is 3. The number of para-hydroxylation sites is 2. The van der Waals surface area contributed by atoms with Gasteiger partial charge in [0.2, 0.25) is 0 Å². The molecule has 0 aliphatic carbocycles. The predicted octanol–water partition coefficient (Wildman–Crippen LogP) is 6.21. The molecule has 3 aromatic heterocycles. The molecular weight excluding hydrogens is 396 g/mol. The summed E-state index contributed by atoms with van der Waals surface area (Å²) in [5.41, 5.74) is 5.94. The number of hydrogen-bond donors (Lipinski definition) is 2. The summed E-state index contributed by atoms with van der Waals surface area (Å²) in [7, 11) is 0. The van der Waals surface area contributed by atoms with Crippen molar-refractivity contribution in [2.75, 3.05) is 0 Å². The Bertz CT molecular complexity index is 1380. The van der Waals surface area contributed by atoms with Crippen LogP contribution in [0.1, 0.15) is 28.2 Å². The summed E-state index contributed by atoms with van der Waals surface area (Å²) >= 11 is 0. The standard InChI is InChI=1S/C27H22N4O/c1-4-11-27(32-19-24-8-5-6-16-28-24)20(7-1)12-14-22-17-23(31-30-22)15-13-21-18-29-26-10-3-2-9-25(21)26/h1-18,29H,19H2,(H,30,31). The van der Waals surface area contributed by atoms with Gasteiger partial charge in [0.25, 0.3) is 0 Å². The molecule has 0 aliphatic rings. The Hall–Kier alpha value is -4.38. The maximum Gasteiger partial charge on any atom is 0.130 e. The van der Waals surface area contributed by atoms with Gasteiger partial charge in [-0.15, -0.1) is 0 Å². The van der Waals surface area contributed by atoms with Gasteiger partial charge in [-0.2, -0.15) is 5.10 Å². The molecule has 2 N–H and O–H groups in total. The molecule has 5 heteroatoms. The van der Waals surface area contributed by atoms with Crippen LogP contribution in [-0.4, -0.2) is 20.2 Å². The van der Waals surface area contributed by atoms with E-state index in [1.165, 1.54) is 5.39 Å². The first-order valence-electron chi connectivity index (χ1n) is 10.4. The Morgan fingerprint density at radius 3 is 2.59 bits per heavy atom. The third-order valence-electron chi connectivity index (χ3n) is 5.14. The summed E-state index contributed by atoms with van der Waals surface area (Å²) in [5, 5.41) is 8.66. The summed E-state index contributed by atoms with van der Waals surface area (Å²) < 4.78 is 5.98. The molecule has 3 heterocycles. The van der Waals surface area contributed by atoms with Crippen LogP contribution in [0, 0.1) is 0 Å². The van der Waals surface area contributed by atoms with Gasteiger partial charge in [0.15, 0.2) is 0 Å². The topological polar surface area (TPSA) is 66.6 Å². The lowest BCUT2D eigenvalue weighted by molar-refractivity contribution is 0.300. The first-order chi connectivity index (χ1) is 15.8. The number of nitrogens with zero attached hydrogens (tertiary/aromatic N) is 2. The molecule has 2 aromatic carbocycles. The van der Waals surface area contributed by atoms with Crippen LogP contribution in [0.5, 0.6) is 5.75 Å². The van der Waals surface area contributed by atoms with Crippen molar-refractivity contribution < 1.29 is 4.74 Å². The normalized spacial score (nSPS) is 11.6. The molecule has 0 aliphatic heterocycles. The predicted molar refractivity (Wildman–Crippen MR) is 130 cm³/mol. The smallest absolute Gasteiger partial charge is 0.130 e. The molecule has 0 saturated carbocycles. The van der Waals surface area contributed by atoms with Crippen LogP contribution in [0.2, 0.25) is 0 Å². The lowest BCUT2D eigenvalue weighted by Crippen LogP contribution is -1.98. The van der Waals surface area contributed by atoms with Gasteiger partial charge in [-0.25, -0.2) is 0 Å². The zero-order valence-corrected chi connectivity index (χ0v) is 17.4. The largest absolute Gasteiger partial charge is 0.487 e. The highest BCUT2D eigenvalue weighted by atomic mass is 16.5. The Kier molecular flexibility index (Phi) is 5.62. The number of aromatic nitrogens is 4. The van der Waals surface area contributed by atoms with E-state index in [-0.39, 0.29) is 0 Å². The molecule has 0 fully saturated rings. The fraction of sp³-hybridized carbons (Fsp3) is 0.0370. The first kappa shape index (κ1) is 19.6. The lowest BCUT2D eigenvalue weighted by Gasteiger charge is -2.08. The molecule has 32 heavy (non-hydrogen) atoms. The molecule has 5 aromatic rings. The van der Waals surface area contributed by atoms with Crippen LogP contribution in [0.4, 0.5) is 0 Å². The summed E-state index contributed by atoms with van der Waals surface area (Å²) in [6.07, 6.45) is 11.9. The maximum absolute atomic E-state index is 5.98. The van der Waals surface area contributed by atoms with Gasteiger partial charge in [-0.05, 0) is 54.1 Å². The second-order valence-electron chi connectivity index (χ2n) is 7.35. The van der Waals surface area contributed by atoms with E-state index in [0.29, 0.717) is 6.61 Å². The van der Waals surface area contributed by atoms with Crippen molar-refractivity contribution in [3.05, 3.63) is 113 Å². The molecule has 5 nitrogen and oxygen atoms in total. The average Bonchev–Trinajstić information content (AvgIpc) is 3.48. The van der Waals surface area contributed by atoms with E-state index in [4.69, 9.17) is 4.74 Å². The summed E-state index contributed by atoms with van der Waals surface area (Å²) in [6.45, 7) is 0.429. The van der Waals surface area contributed by atoms with E-state index < -0.39 is 0 Å². The molecule has 0 bridgehead atoms. The number of nitrogens with one attached hydrogen (secondary N) is 2. The molecular formula is C27H22N4O. The van der Waals surface area contributed by atoms with E-state index in [9.17, 15) is 0 Å². The van der Waals surface area contributed by atoms with Crippen LogP contribution in [0.15, 0.2) is 85.2 Å². The minimum atomic E-state index is 0.429. The fourth-order valence-electron chi connectivity index (χ4n) is 3.50. The van der Waals surface area contributed by atoms with Gasteiger partial charge in [0.05, 0.1) is 17.1 Å². The van der Waals surface area contributed by atoms with Crippen LogP contribution in [0.25, 0.3) is 35.2 Å². The third kappa shape index (κ3) is 4.52. The van der Waals surface area contributed by atoms with E-state index >= 15 is 0 Å². The number of aromatic amines is 2. The third-order valence-corrected chi connectivity index (χ3v) is 5.14. The molecule has 156 valence electrons. The highest BCUT2D eigenvalue weighted by Gasteiger charge is 2.03. The Balaban J connectivity index is 1.28. The van der Waals surface area contributed by atoms with Gasteiger partial charge in [-0.3, -0.25) is 10.1 Å². The zero-order valence-electron chi connectivity index (χ0n) is 17.4. The maximum atomic E-state index is 5.98. The molecule has 0 unspecified atom stereocenters. The highest BCUT2D eigenvalue weighted by Crippen LogP contribution is 2.22. The van der Waals surface area contributed by atoms with Crippen molar-refractivity contribution in [1.82, 2.24) is 20.2 Å². The van der Waals surface area contributed by atoms with E-state index in [1.54, 1.807) is 6.20 Å². The molecule has 0 amide bonds. The second-order valence-corrected chi connectivity index (χ2v) is 7.35. The monoisotopic (exact) mass is 418 g/mol. The average molecular weight is 419 g/mol. The Morgan fingerprint density at radius 2 is 1.66 bits per heavy atom. The summed E-state index contributed by atoms with van der Waals surface area (Å²) in [4.78, 5) is 7.60. The molecule has 0 radical (unpaired) electrons. The van der Waals surface area contributed by atoms with Gasteiger partial charge >= 0.3 is 0 Å². The van der Waals surface area contributed by atoms with Gasteiger partial charge in [0.1, 0.15) is 12.4 Å². The van der Waals surface area contributed by atoms with E-state index in [1.807, 2.05) is 85.1 Å². The van der Waals surface area contributed by atoms with E-state index in [0.717, 1.165) is 39.5 Å². The number of rotatable bonds is 7. The Morgan fingerprint density at radius 1 is 0.812 bits per heavy atom. The van der Waals surface area contributed by atoms with Crippen molar-refractivity contribution in [2.45, 2.75) is 6.61 Å². The number of ether oxygens (including phenoxy) is 1. The quantitative estimate of drug-likeness (QED) is 0.330. The summed E-state index contributed by atoms with van der Waals surface area (Å²) in [6, 6.07) is 24.0. The molecule has 0 saturated heterocycles. The number of pyridine rings is 1. The number of benzene rings is 2. The molecule has 0 atom stereocenters. The minimum absolute atomic E-state index is 0.429. The van der Waals surface area contributed by atoms with Gasteiger partial charge in [-0.1, -0.05) is 48.5 Å². The van der Waals surface area contributed by atoms with E-state index in [2.05, 4.69) is 38.4 Å². The molecule has 0 spiro atoms. The van der Waals surface area contributed by atoms with Crippen molar-refractivity contribution in [3.63, 3.8) is 0 Å². The van der Waals surface area contributed by atoms with Crippen LogP contribution < -0.4 is 4.74 Å². The highest BCUT2D eigenvalue weighted by molar-refractivity contribution is 5.91. The Labute approximate surface area is 186 Å². The number of H-pyrrole nitrogens is 2. The van der Waals surface area contributed by atoms with Crippen molar-refractivity contribution in [3.8, 4) is 5.75 Å². The van der Waals surface area contributed by atoms with Crippen LogP contribution in [0.3, 0.4) is 0 Å².